The Balaban J connectivity index is 1.74. The number of ether oxygens (including phenoxy) is 1. The Kier molecular flexibility index (Phi) is 4.86. The molecule has 2 fully saturated rings. The largest absolute Gasteiger partial charge is 0.375 e. The smallest absolute Gasteiger partial charge is 0.0701 e. The summed E-state index contributed by atoms with van der Waals surface area (Å²) in [6.45, 7) is 4.29. The zero-order valence-electron chi connectivity index (χ0n) is 12.2. The molecule has 20 heavy (non-hydrogen) atoms. The van der Waals surface area contributed by atoms with Gasteiger partial charge in [-0.1, -0.05) is 6.92 Å². The Morgan fingerprint density at radius 1 is 1.50 bits per heavy atom. The molecule has 0 bridgehead atoms. The fourth-order valence-corrected chi connectivity index (χ4v) is 5.16. The summed E-state index contributed by atoms with van der Waals surface area (Å²) in [5, 5.41) is 3.79. The maximum absolute atomic E-state index is 6.09. The molecule has 1 N–H and O–H groups in total. The molecule has 0 radical (unpaired) electrons. The van der Waals surface area contributed by atoms with E-state index in [2.05, 4.69) is 40.3 Å². The predicted molar refractivity (Wildman–Crippen MR) is 88.3 cm³/mol. The van der Waals surface area contributed by atoms with Gasteiger partial charge in [0.15, 0.2) is 0 Å². The molecule has 2 heterocycles. The van der Waals surface area contributed by atoms with Crippen LogP contribution < -0.4 is 5.32 Å². The lowest BCUT2D eigenvalue weighted by Gasteiger charge is -2.48. The zero-order valence-corrected chi connectivity index (χ0v) is 14.6. The van der Waals surface area contributed by atoms with E-state index in [1.165, 1.54) is 47.2 Å². The van der Waals surface area contributed by atoms with Gasteiger partial charge in [-0.25, -0.2) is 0 Å². The molecule has 2 atom stereocenters. The molecule has 1 saturated carbocycles. The monoisotopic (exact) mass is 357 g/mol. The van der Waals surface area contributed by atoms with Crippen LogP contribution in [-0.2, 0) is 4.74 Å². The topological polar surface area (TPSA) is 21.3 Å². The van der Waals surface area contributed by atoms with E-state index < -0.39 is 0 Å². The first-order chi connectivity index (χ1) is 9.72. The number of thiophene rings is 1. The summed E-state index contributed by atoms with van der Waals surface area (Å²) < 4.78 is 7.33. The first kappa shape index (κ1) is 15.0. The van der Waals surface area contributed by atoms with Gasteiger partial charge in [0.25, 0.3) is 0 Å². The molecule has 2 nitrogen and oxygen atoms in total. The maximum Gasteiger partial charge on any atom is 0.0701 e. The summed E-state index contributed by atoms with van der Waals surface area (Å²) >= 11 is 5.48. The molecule has 1 spiro atoms. The summed E-state index contributed by atoms with van der Waals surface area (Å²) in [7, 11) is 0. The van der Waals surface area contributed by atoms with Crippen molar-refractivity contribution in [2.75, 3.05) is 13.2 Å². The minimum absolute atomic E-state index is 0.240. The van der Waals surface area contributed by atoms with Crippen LogP contribution in [0.5, 0.6) is 0 Å². The molecule has 1 aliphatic carbocycles. The van der Waals surface area contributed by atoms with Crippen molar-refractivity contribution in [3.63, 3.8) is 0 Å². The summed E-state index contributed by atoms with van der Waals surface area (Å²) in [4.78, 5) is 1.48. The van der Waals surface area contributed by atoms with E-state index in [1.807, 2.05) is 11.3 Å². The highest BCUT2D eigenvalue weighted by atomic mass is 79.9. The second-order valence-electron chi connectivity index (χ2n) is 6.21. The number of rotatable bonds is 5. The quantitative estimate of drug-likeness (QED) is 0.808. The van der Waals surface area contributed by atoms with Crippen molar-refractivity contribution in [3.8, 4) is 0 Å². The molecule has 1 aromatic rings. The van der Waals surface area contributed by atoms with Crippen LogP contribution in [0.15, 0.2) is 15.9 Å². The van der Waals surface area contributed by atoms with Gasteiger partial charge in [-0.3, -0.25) is 0 Å². The highest BCUT2D eigenvalue weighted by Crippen LogP contribution is 2.48. The van der Waals surface area contributed by atoms with E-state index in [0.29, 0.717) is 6.04 Å². The van der Waals surface area contributed by atoms with Crippen LogP contribution in [0.4, 0.5) is 0 Å². The molecule has 1 saturated heterocycles. The highest BCUT2D eigenvalue weighted by molar-refractivity contribution is 9.11. The van der Waals surface area contributed by atoms with Gasteiger partial charge < -0.3 is 10.1 Å². The lowest BCUT2D eigenvalue weighted by molar-refractivity contribution is -0.147. The fourth-order valence-electron chi connectivity index (χ4n) is 3.56. The van der Waals surface area contributed by atoms with Gasteiger partial charge in [-0.15, -0.1) is 11.3 Å². The summed E-state index contributed by atoms with van der Waals surface area (Å²) in [6, 6.07) is 4.97. The first-order valence-corrected chi connectivity index (χ1v) is 9.46. The number of halogens is 1. The summed E-state index contributed by atoms with van der Waals surface area (Å²) in [5.41, 5.74) is 0.240. The van der Waals surface area contributed by atoms with Crippen LogP contribution in [0, 0.1) is 5.92 Å². The van der Waals surface area contributed by atoms with Crippen molar-refractivity contribution in [1.29, 1.82) is 0 Å². The molecule has 1 aromatic heterocycles. The third-order valence-corrected chi connectivity index (χ3v) is 6.49. The molecule has 2 unspecified atom stereocenters. The molecular weight excluding hydrogens is 334 g/mol. The van der Waals surface area contributed by atoms with E-state index in [0.717, 1.165) is 19.1 Å². The van der Waals surface area contributed by atoms with E-state index in [1.54, 1.807) is 0 Å². The van der Waals surface area contributed by atoms with Gasteiger partial charge in [0.1, 0.15) is 0 Å². The molecule has 1 aliphatic heterocycles. The van der Waals surface area contributed by atoms with Crippen molar-refractivity contribution >= 4 is 27.3 Å². The van der Waals surface area contributed by atoms with Gasteiger partial charge in [-0.2, -0.15) is 0 Å². The van der Waals surface area contributed by atoms with Crippen LogP contribution in [0.2, 0.25) is 0 Å². The van der Waals surface area contributed by atoms with E-state index >= 15 is 0 Å². The predicted octanol–water partition coefficient (Wildman–Crippen LogP) is 4.90. The molecular formula is C16H24BrNOS. The number of nitrogens with one attached hydrogen (secondary N) is 1. The average molecular weight is 358 g/mol. The molecule has 2 aliphatic rings. The van der Waals surface area contributed by atoms with Crippen molar-refractivity contribution in [2.45, 2.75) is 57.1 Å². The van der Waals surface area contributed by atoms with E-state index in [-0.39, 0.29) is 5.60 Å². The van der Waals surface area contributed by atoms with Gasteiger partial charge >= 0.3 is 0 Å². The second kappa shape index (κ2) is 6.47. The zero-order chi connectivity index (χ0) is 14.0. The average Bonchev–Trinajstić information content (AvgIpc) is 2.84. The van der Waals surface area contributed by atoms with E-state index in [9.17, 15) is 0 Å². The maximum atomic E-state index is 6.09. The van der Waals surface area contributed by atoms with Crippen LogP contribution >= 0.6 is 27.3 Å². The van der Waals surface area contributed by atoms with Crippen molar-refractivity contribution < 1.29 is 4.74 Å². The van der Waals surface area contributed by atoms with Crippen LogP contribution in [-0.4, -0.2) is 18.8 Å². The molecule has 0 aromatic carbocycles. The molecule has 4 heteroatoms. The Morgan fingerprint density at radius 3 is 2.95 bits per heavy atom. The third-order valence-electron chi connectivity index (χ3n) is 4.78. The number of hydrogen-bond donors (Lipinski definition) is 1. The lowest BCUT2D eigenvalue weighted by Crippen LogP contribution is -2.48. The van der Waals surface area contributed by atoms with Gasteiger partial charge in [-0.05, 0) is 79.1 Å². The highest BCUT2D eigenvalue weighted by Gasteiger charge is 2.44. The van der Waals surface area contributed by atoms with Crippen molar-refractivity contribution in [3.05, 3.63) is 20.8 Å². The molecule has 112 valence electrons. The Bertz CT molecular complexity index is 443. The Labute approximate surface area is 134 Å². The number of hydrogen-bond acceptors (Lipinski definition) is 3. The van der Waals surface area contributed by atoms with Crippen LogP contribution in [0.1, 0.15) is 56.4 Å². The fraction of sp³-hybridized carbons (Fsp3) is 0.750. The van der Waals surface area contributed by atoms with Gasteiger partial charge in [0.05, 0.1) is 9.39 Å². The minimum atomic E-state index is 0.240. The SMILES string of the molecule is CCCNC(c1ccc(Br)s1)C1CCOC2(CCC2)C1. The third kappa shape index (κ3) is 3.13. The summed E-state index contributed by atoms with van der Waals surface area (Å²) in [6.07, 6.45) is 7.53. The van der Waals surface area contributed by atoms with Crippen LogP contribution in [0.3, 0.4) is 0 Å². The van der Waals surface area contributed by atoms with E-state index in [4.69, 9.17) is 4.74 Å². The minimum Gasteiger partial charge on any atom is -0.375 e. The van der Waals surface area contributed by atoms with Crippen molar-refractivity contribution in [1.82, 2.24) is 5.32 Å². The Hall–Kier alpha value is 0.1000. The standard InChI is InChI=1S/C16H24BrNOS/c1-2-9-18-15(13-4-5-14(17)20-13)12-6-10-19-16(11-12)7-3-8-16/h4-5,12,15,18H,2-3,6-11H2,1H3. The summed E-state index contributed by atoms with van der Waals surface area (Å²) in [5.74, 6) is 0.723. The van der Waals surface area contributed by atoms with Crippen molar-refractivity contribution in [2.24, 2.45) is 5.92 Å². The normalized spacial score (nSPS) is 26.4. The molecule has 0 amide bonds. The van der Waals surface area contributed by atoms with Gasteiger partial charge in [0.2, 0.25) is 0 Å². The van der Waals surface area contributed by atoms with Crippen LogP contribution in [0.25, 0.3) is 0 Å². The lowest BCUT2D eigenvalue weighted by atomic mass is 9.70. The molecule has 3 rings (SSSR count). The second-order valence-corrected chi connectivity index (χ2v) is 8.71. The first-order valence-electron chi connectivity index (χ1n) is 7.85. The van der Waals surface area contributed by atoms with Gasteiger partial charge in [0, 0.05) is 17.5 Å². The Morgan fingerprint density at radius 2 is 2.35 bits per heavy atom.